The second-order valence-corrected chi connectivity index (χ2v) is 7.55. The largest absolute Gasteiger partial charge is 0.374 e. The summed E-state index contributed by atoms with van der Waals surface area (Å²) in [6.45, 7) is 1.89. The summed E-state index contributed by atoms with van der Waals surface area (Å²) in [5.74, 6) is 0.789. The molecule has 0 fully saturated rings. The van der Waals surface area contributed by atoms with Gasteiger partial charge < -0.3 is 5.73 Å². The van der Waals surface area contributed by atoms with Gasteiger partial charge in [-0.2, -0.15) is 0 Å². The summed E-state index contributed by atoms with van der Waals surface area (Å²) < 4.78 is 36.3. The van der Waals surface area contributed by atoms with Crippen LogP contribution >= 0.6 is 11.3 Å². The first-order chi connectivity index (χ1) is 7.45. The zero-order valence-electron chi connectivity index (χ0n) is 8.54. The molecule has 1 atom stereocenters. The lowest BCUT2D eigenvalue weighted by Crippen LogP contribution is -2.28. The third kappa shape index (κ3) is 3.77. The first-order valence-electron chi connectivity index (χ1n) is 4.39. The first-order valence-corrected chi connectivity index (χ1v) is 8.18. The highest BCUT2D eigenvalue weighted by molar-refractivity contribution is 7.91. The summed E-state index contributed by atoms with van der Waals surface area (Å²) in [7, 11) is -4.66. The van der Waals surface area contributed by atoms with E-state index in [1.165, 1.54) is 0 Å². The van der Waals surface area contributed by atoms with E-state index < -0.39 is 20.8 Å². The molecule has 1 aromatic rings. The average Bonchev–Trinajstić information content (AvgIpc) is 2.65. The molecule has 0 radical (unpaired) electrons. The van der Waals surface area contributed by atoms with Gasteiger partial charge in [-0.05, 0) is 0 Å². The molecule has 1 heterocycles. The lowest BCUT2D eigenvalue weighted by molar-refractivity contribution is 0.582. The molecule has 1 unspecified atom stereocenters. The quantitative estimate of drug-likeness (QED) is 0.704. The van der Waals surface area contributed by atoms with Crippen molar-refractivity contribution in [3.05, 3.63) is 0 Å². The number of nitrogens with two attached hydrogens (primary N) is 1. The molecule has 0 aromatic carbocycles. The van der Waals surface area contributed by atoms with Crippen molar-refractivity contribution in [3.63, 3.8) is 0 Å². The van der Waals surface area contributed by atoms with Crippen molar-refractivity contribution in [1.29, 1.82) is 0 Å². The highest BCUT2D eigenvalue weighted by Crippen LogP contribution is 2.15. The fourth-order valence-corrected chi connectivity index (χ4v) is 3.43. The van der Waals surface area contributed by atoms with Gasteiger partial charge in [-0.3, -0.25) is 4.21 Å². The Kier molecular flexibility index (Phi) is 4.77. The number of nitrogens with one attached hydrogen (secondary N) is 1. The van der Waals surface area contributed by atoms with Gasteiger partial charge in [0.2, 0.25) is 9.47 Å². The standard InChI is InChI=1S/C6H12N4O3S3/c1-2-15(11)4-3-8-16(12,13)6-10-9-5(7)14-6/h8H,2-4H2,1H3,(H2,7,9). The van der Waals surface area contributed by atoms with Gasteiger partial charge in [0.25, 0.3) is 10.0 Å². The molecule has 0 aliphatic rings. The van der Waals surface area contributed by atoms with Gasteiger partial charge in [-0.15, -0.1) is 10.2 Å². The maximum atomic E-state index is 11.6. The number of nitrogens with zero attached hydrogens (tertiary/aromatic N) is 2. The third-order valence-corrected chi connectivity index (χ3v) is 5.48. The van der Waals surface area contributed by atoms with Crippen LogP contribution in [0.5, 0.6) is 0 Å². The number of hydrogen-bond donors (Lipinski definition) is 2. The van der Waals surface area contributed by atoms with Crippen LogP contribution in [0.15, 0.2) is 4.34 Å². The molecule has 0 aliphatic heterocycles. The Labute approximate surface area is 100.0 Å². The van der Waals surface area contributed by atoms with E-state index in [-0.39, 0.29) is 21.8 Å². The normalized spacial score (nSPS) is 13.8. The van der Waals surface area contributed by atoms with E-state index in [1.807, 2.05) is 0 Å². The maximum absolute atomic E-state index is 11.6. The monoisotopic (exact) mass is 284 g/mol. The van der Waals surface area contributed by atoms with Crippen LogP contribution in [0.3, 0.4) is 0 Å². The minimum absolute atomic E-state index is 0.0949. The molecule has 0 amide bonds. The highest BCUT2D eigenvalue weighted by atomic mass is 32.2. The Hall–Kier alpha value is -0.580. The summed E-state index contributed by atoms with van der Waals surface area (Å²) in [5, 5.41) is 6.93. The molecule has 1 aromatic heterocycles. The zero-order valence-corrected chi connectivity index (χ0v) is 11.0. The number of sulfonamides is 1. The van der Waals surface area contributed by atoms with E-state index >= 15 is 0 Å². The predicted molar refractivity (Wildman–Crippen MR) is 63.1 cm³/mol. The van der Waals surface area contributed by atoms with Gasteiger partial charge in [-0.1, -0.05) is 18.3 Å². The number of aromatic nitrogens is 2. The summed E-state index contributed by atoms with van der Waals surface area (Å²) in [5.41, 5.74) is 5.28. The molecular weight excluding hydrogens is 272 g/mol. The van der Waals surface area contributed by atoms with E-state index in [0.29, 0.717) is 5.75 Å². The molecule has 0 spiro atoms. The van der Waals surface area contributed by atoms with Crippen LogP contribution in [-0.2, 0) is 20.8 Å². The average molecular weight is 284 g/mol. The lowest BCUT2D eigenvalue weighted by atomic mass is 10.8. The van der Waals surface area contributed by atoms with Crippen molar-refractivity contribution in [1.82, 2.24) is 14.9 Å². The molecule has 0 aliphatic carbocycles. The Balaban J connectivity index is 2.56. The van der Waals surface area contributed by atoms with Gasteiger partial charge in [0.15, 0.2) is 0 Å². The van der Waals surface area contributed by atoms with Crippen molar-refractivity contribution in [2.24, 2.45) is 0 Å². The van der Waals surface area contributed by atoms with Crippen molar-refractivity contribution in [2.45, 2.75) is 11.3 Å². The summed E-state index contributed by atoms with van der Waals surface area (Å²) in [6, 6.07) is 0. The fraction of sp³-hybridized carbons (Fsp3) is 0.667. The van der Waals surface area contributed by atoms with Gasteiger partial charge in [0.1, 0.15) is 0 Å². The van der Waals surface area contributed by atoms with Crippen LogP contribution in [0, 0.1) is 0 Å². The van der Waals surface area contributed by atoms with Gasteiger partial charge >= 0.3 is 0 Å². The number of anilines is 1. The zero-order chi connectivity index (χ0) is 12.2. The first kappa shape index (κ1) is 13.5. The summed E-state index contributed by atoms with van der Waals surface area (Å²) in [6.07, 6.45) is 0. The Bertz CT molecular complexity index is 469. The number of hydrogen-bond acceptors (Lipinski definition) is 7. The van der Waals surface area contributed by atoms with Crippen LogP contribution in [0.2, 0.25) is 0 Å². The highest BCUT2D eigenvalue weighted by Gasteiger charge is 2.18. The molecule has 3 N–H and O–H groups in total. The topological polar surface area (TPSA) is 115 Å². The molecular formula is C6H12N4O3S3. The Morgan fingerprint density at radius 1 is 1.50 bits per heavy atom. The molecule has 16 heavy (non-hydrogen) atoms. The summed E-state index contributed by atoms with van der Waals surface area (Å²) >= 11 is 0.789. The van der Waals surface area contributed by atoms with Crippen LogP contribution in [0.1, 0.15) is 6.92 Å². The van der Waals surface area contributed by atoms with E-state index in [1.54, 1.807) is 6.92 Å². The van der Waals surface area contributed by atoms with Crippen LogP contribution < -0.4 is 10.5 Å². The minimum Gasteiger partial charge on any atom is -0.374 e. The molecule has 92 valence electrons. The third-order valence-electron chi connectivity index (χ3n) is 1.60. The van der Waals surface area contributed by atoms with E-state index in [2.05, 4.69) is 14.9 Å². The molecule has 0 saturated heterocycles. The second kappa shape index (κ2) is 5.66. The second-order valence-electron chi connectivity index (χ2n) is 2.74. The van der Waals surface area contributed by atoms with Crippen molar-refractivity contribution < 1.29 is 12.6 Å². The fourth-order valence-electron chi connectivity index (χ4n) is 0.825. The van der Waals surface area contributed by atoms with Gasteiger partial charge in [-0.25, -0.2) is 13.1 Å². The molecule has 7 nitrogen and oxygen atoms in total. The smallest absolute Gasteiger partial charge is 0.269 e. The summed E-state index contributed by atoms with van der Waals surface area (Å²) in [4.78, 5) is 0. The number of nitrogen functional groups attached to an aromatic ring is 1. The molecule has 0 saturated carbocycles. The SMILES string of the molecule is CCS(=O)CCNS(=O)(=O)c1nnc(N)s1. The van der Waals surface area contributed by atoms with Crippen LogP contribution in [0.25, 0.3) is 0 Å². The Morgan fingerprint density at radius 2 is 2.19 bits per heavy atom. The molecule has 0 bridgehead atoms. The van der Waals surface area contributed by atoms with E-state index in [4.69, 9.17) is 5.73 Å². The lowest BCUT2D eigenvalue weighted by Gasteiger charge is -2.02. The van der Waals surface area contributed by atoms with Crippen molar-refractivity contribution in [2.75, 3.05) is 23.8 Å². The van der Waals surface area contributed by atoms with Gasteiger partial charge in [0, 0.05) is 28.9 Å². The minimum atomic E-state index is -3.66. The van der Waals surface area contributed by atoms with Crippen molar-refractivity contribution >= 4 is 37.3 Å². The van der Waals surface area contributed by atoms with E-state index in [9.17, 15) is 12.6 Å². The van der Waals surface area contributed by atoms with Crippen LogP contribution in [-0.4, -0.2) is 40.9 Å². The maximum Gasteiger partial charge on any atom is 0.269 e. The number of rotatable bonds is 6. The van der Waals surface area contributed by atoms with Crippen LogP contribution in [0.4, 0.5) is 5.13 Å². The predicted octanol–water partition coefficient (Wildman–Crippen LogP) is -0.833. The molecule has 1 rings (SSSR count). The van der Waals surface area contributed by atoms with Gasteiger partial charge in [0.05, 0.1) is 0 Å². The molecule has 10 heteroatoms. The van der Waals surface area contributed by atoms with Crippen molar-refractivity contribution in [3.8, 4) is 0 Å². The Morgan fingerprint density at radius 3 is 2.69 bits per heavy atom. The van der Waals surface area contributed by atoms with E-state index in [0.717, 1.165) is 11.3 Å².